The van der Waals surface area contributed by atoms with Gasteiger partial charge < -0.3 is 15.4 Å². The van der Waals surface area contributed by atoms with E-state index in [1.807, 2.05) is 11.4 Å². The molecule has 0 aliphatic rings. The Labute approximate surface area is 104 Å². The van der Waals surface area contributed by atoms with Gasteiger partial charge in [0.1, 0.15) is 17.0 Å². The Kier molecular flexibility index (Phi) is 4.66. The van der Waals surface area contributed by atoms with Gasteiger partial charge in [-0.25, -0.2) is 9.97 Å². The highest BCUT2D eigenvalue weighted by molar-refractivity contribution is 7.16. The number of anilines is 1. The zero-order valence-corrected chi connectivity index (χ0v) is 10.6. The third-order valence-corrected chi connectivity index (χ3v) is 3.16. The topological polar surface area (TPSA) is 59.1 Å². The maximum absolute atomic E-state index is 4.95. The normalized spacial score (nSPS) is 10.9. The van der Waals surface area contributed by atoms with E-state index >= 15 is 0 Å². The number of fused-ring (bicyclic) bond motifs is 1. The summed E-state index contributed by atoms with van der Waals surface area (Å²) in [5, 5.41) is 9.69. The van der Waals surface area contributed by atoms with Crippen molar-refractivity contribution in [1.82, 2.24) is 15.3 Å². The first-order valence-corrected chi connectivity index (χ1v) is 6.41. The van der Waals surface area contributed by atoms with Crippen molar-refractivity contribution in [3.63, 3.8) is 0 Å². The lowest BCUT2D eigenvalue weighted by atomic mass is 10.4. The lowest BCUT2D eigenvalue weighted by molar-refractivity contribution is 0.200. The molecule has 0 aromatic carbocycles. The lowest BCUT2D eigenvalue weighted by Gasteiger charge is -2.07. The van der Waals surface area contributed by atoms with Crippen LogP contribution in [0.25, 0.3) is 10.2 Å². The van der Waals surface area contributed by atoms with E-state index < -0.39 is 0 Å². The molecule has 0 bridgehead atoms. The van der Waals surface area contributed by atoms with Crippen LogP contribution in [-0.4, -0.2) is 43.3 Å². The van der Waals surface area contributed by atoms with Crippen molar-refractivity contribution < 1.29 is 4.74 Å². The quantitative estimate of drug-likeness (QED) is 0.728. The number of aromatic nitrogens is 2. The molecular weight excluding hydrogens is 236 g/mol. The fraction of sp³-hybridized carbons (Fsp3) is 0.455. The van der Waals surface area contributed by atoms with Gasteiger partial charge in [-0.15, -0.1) is 11.3 Å². The van der Waals surface area contributed by atoms with Gasteiger partial charge in [0.25, 0.3) is 0 Å². The van der Waals surface area contributed by atoms with Crippen molar-refractivity contribution in [3.05, 3.63) is 17.8 Å². The Bertz CT molecular complexity index is 459. The molecule has 92 valence electrons. The van der Waals surface area contributed by atoms with Gasteiger partial charge in [0.15, 0.2) is 0 Å². The summed E-state index contributed by atoms with van der Waals surface area (Å²) in [6, 6.07) is 2.04. The number of methoxy groups -OCH3 is 1. The second-order valence-corrected chi connectivity index (χ2v) is 4.43. The van der Waals surface area contributed by atoms with Crippen LogP contribution in [-0.2, 0) is 4.74 Å². The van der Waals surface area contributed by atoms with Gasteiger partial charge in [-0.3, -0.25) is 0 Å². The zero-order valence-electron chi connectivity index (χ0n) is 9.77. The molecule has 0 aliphatic heterocycles. The van der Waals surface area contributed by atoms with Gasteiger partial charge in [-0.2, -0.15) is 0 Å². The minimum atomic E-state index is 0.738. The van der Waals surface area contributed by atoms with Crippen molar-refractivity contribution in [3.8, 4) is 0 Å². The molecule has 5 nitrogen and oxygen atoms in total. The monoisotopic (exact) mass is 252 g/mol. The van der Waals surface area contributed by atoms with Gasteiger partial charge >= 0.3 is 0 Å². The third-order valence-electron chi connectivity index (χ3n) is 2.34. The summed E-state index contributed by atoms with van der Waals surface area (Å²) in [7, 11) is 1.70. The largest absolute Gasteiger partial charge is 0.383 e. The Morgan fingerprint density at radius 3 is 3.12 bits per heavy atom. The molecule has 2 rings (SSSR count). The van der Waals surface area contributed by atoms with Crippen LogP contribution in [0.4, 0.5) is 5.82 Å². The van der Waals surface area contributed by atoms with E-state index in [2.05, 4.69) is 20.6 Å². The van der Waals surface area contributed by atoms with E-state index in [0.29, 0.717) is 0 Å². The van der Waals surface area contributed by atoms with Crippen molar-refractivity contribution in [2.75, 3.05) is 38.7 Å². The van der Waals surface area contributed by atoms with Gasteiger partial charge in [-0.05, 0) is 11.4 Å². The first-order valence-electron chi connectivity index (χ1n) is 5.53. The smallest absolute Gasteiger partial charge is 0.138 e. The summed E-state index contributed by atoms with van der Waals surface area (Å²) in [5.74, 6) is 0.907. The molecule has 0 saturated heterocycles. The Morgan fingerprint density at radius 2 is 2.24 bits per heavy atom. The fourth-order valence-electron chi connectivity index (χ4n) is 1.50. The van der Waals surface area contributed by atoms with Crippen LogP contribution in [0.1, 0.15) is 0 Å². The van der Waals surface area contributed by atoms with E-state index in [1.54, 1.807) is 24.8 Å². The molecule has 2 N–H and O–H groups in total. The Hall–Kier alpha value is -1.24. The van der Waals surface area contributed by atoms with E-state index in [1.165, 1.54) is 0 Å². The minimum absolute atomic E-state index is 0.738. The van der Waals surface area contributed by atoms with E-state index in [0.717, 1.165) is 42.3 Å². The van der Waals surface area contributed by atoms with Gasteiger partial charge in [0, 0.05) is 26.7 Å². The molecule has 17 heavy (non-hydrogen) atoms. The highest BCUT2D eigenvalue weighted by atomic mass is 32.1. The highest BCUT2D eigenvalue weighted by Crippen LogP contribution is 2.23. The minimum Gasteiger partial charge on any atom is -0.383 e. The van der Waals surface area contributed by atoms with Crippen LogP contribution < -0.4 is 10.6 Å². The summed E-state index contributed by atoms with van der Waals surface area (Å²) >= 11 is 1.63. The number of nitrogens with zero attached hydrogens (tertiary/aromatic N) is 2. The first kappa shape index (κ1) is 12.2. The van der Waals surface area contributed by atoms with E-state index in [-0.39, 0.29) is 0 Å². The average Bonchev–Trinajstić information content (AvgIpc) is 2.82. The van der Waals surface area contributed by atoms with Crippen molar-refractivity contribution in [2.24, 2.45) is 0 Å². The molecule has 0 radical (unpaired) electrons. The van der Waals surface area contributed by atoms with Gasteiger partial charge in [0.2, 0.25) is 0 Å². The van der Waals surface area contributed by atoms with Crippen LogP contribution in [0.3, 0.4) is 0 Å². The molecule has 0 atom stereocenters. The lowest BCUT2D eigenvalue weighted by Crippen LogP contribution is -2.25. The summed E-state index contributed by atoms with van der Waals surface area (Å²) in [4.78, 5) is 9.47. The maximum Gasteiger partial charge on any atom is 0.138 e. The van der Waals surface area contributed by atoms with Crippen LogP contribution in [0, 0.1) is 0 Å². The molecular formula is C11H16N4OS. The maximum atomic E-state index is 4.95. The van der Waals surface area contributed by atoms with E-state index in [9.17, 15) is 0 Å². The molecule has 0 aliphatic carbocycles. The van der Waals surface area contributed by atoms with Crippen molar-refractivity contribution in [1.29, 1.82) is 0 Å². The second-order valence-electron chi connectivity index (χ2n) is 3.53. The summed E-state index contributed by atoms with van der Waals surface area (Å²) in [5.41, 5.74) is 0. The predicted molar refractivity (Wildman–Crippen MR) is 70.7 cm³/mol. The molecule has 0 fully saturated rings. The molecule has 2 aromatic heterocycles. The van der Waals surface area contributed by atoms with Gasteiger partial charge in [0.05, 0.1) is 12.0 Å². The molecule has 0 saturated carbocycles. The molecule has 6 heteroatoms. The molecule has 2 heterocycles. The predicted octanol–water partition coefficient (Wildman–Crippen LogP) is 1.34. The average molecular weight is 252 g/mol. The number of rotatable bonds is 7. The number of hydrogen-bond acceptors (Lipinski definition) is 6. The number of hydrogen-bond donors (Lipinski definition) is 2. The molecule has 0 amide bonds. The van der Waals surface area contributed by atoms with Crippen LogP contribution in [0.15, 0.2) is 17.8 Å². The van der Waals surface area contributed by atoms with Crippen LogP contribution in [0.2, 0.25) is 0 Å². The summed E-state index contributed by atoms with van der Waals surface area (Å²) in [6.45, 7) is 3.34. The third kappa shape index (κ3) is 3.36. The van der Waals surface area contributed by atoms with Crippen molar-refractivity contribution in [2.45, 2.75) is 0 Å². The second kappa shape index (κ2) is 6.48. The SMILES string of the molecule is COCCNCCNc1ncnc2sccc12. The number of nitrogens with one attached hydrogen (secondary N) is 2. The Morgan fingerprint density at radius 1 is 1.29 bits per heavy atom. The van der Waals surface area contributed by atoms with E-state index in [4.69, 9.17) is 4.74 Å². The standard InChI is InChI=1S/C11H16N4OS/c1-16-6-5-12-3-4-13-10-9-2-7-17-11(9)15-8-14-10/h2,7-8,12H,3-6H2,1H3,(H,13,14,15). The highest BCUT2D eigenvalue weighted by Gasteiger charge is 2.02. The Balaban J connectivity index is 1.80. The summed E-state index contributed by atoms with van der Waals surface area (Å²) < 4.78 is 4.95. The van der Waals surface area contributed by atoms with Crippen molar-refractivity contribution >= 4 is 27.4 Å². The number of thiophene rings is 1. The number of ether oxygens (including phenoxy) is 1. The summed E-state index contributed by atoms with van der Waals surface area (Å²) in [6.07, 6.45) is 1.60. The molecule has 0 spiro atoms. The van der Waals surface area contributed by atoms with Crippen LogP contribution >= 0.6 is 11.3 Å². The molecule has 0 unspecified atom stereocenters. The first-order chi connectivity index (χ1) is 8.42. The molecule has 2 aromatic rings. The fourth-order valence-corrected chi connectivity index (χ4v) is 2.23. The van der Waals surface area contributed by atoms with Crippen LogP contribution in [0.5, 0.6) is 0 Å². The zero-order chi connectivity index (χ0) is 11.9. The van der Waals surface area contributed by atoms with Gasteiger partial charge in [-0.1, -0.05) is 0 Å².